The summed E-state index contributed by atoms with van der Waals surface area (Å²) in [4.78, 5) is 16.8. The number of aromatic nitrogens is 3. The third-order valence-electron chi connectivity index (χ3n) is 4.28. The Balaban J connectivity index is 1.44. The number of hydrogen-bond donors (Lipinski definition) is 1. The average molecular weight is 439 g/mol. The maximum atomic E-state index is 12.4. The highest BCUT2D eigenvalue weighted by atomic mass is 35.5. The minimum absolute atomic E-state index is 0.106. The summed E-state index contributed by atoms with van der Waals surface area (Å²) in [6.45, 7) is 2.54. The molecule has 4 aromatic rings. The topological polar surface area (TPSA) is 68.5 Å². The highest BCUT2D eigenvalue weighted by molar-refractivity contribution is 8.00. The van der Waals surface area contributed by atoms with Gasteiger partial charge >= 0.3 is 0 Å². The number of halogens is 1. The van der Waals surface area contributed by atoms with Gasteiger partial charge in [-0.3, -0.25) is 4.79 Å². The largest absolute Gasteiger partial charge is 0.494 e. The van der Waals surface area contributed by atoms with Crippen LogP contribution in [0.5, 0.6) is 5.75 Å². The molecule has 4 rings (SSSR count). The number of hydrogen-bond acceptors (Lipinski definition) is 5. The smallest absolute Gasteiger partial charge is 0.234 e. The second kappa shape index (κ2) is 9.19. The molecule has 0 bridgehead atoms. The molecule has 0 spiro atoms. The zero-order valence-electron chi connectivity index (χ0n) is 16.2. The van der Waals surface area contributed by atoms with Gasteiger partial charge in [0, 0.05) is 28.7 Å². The van der Waals surface area contributed by atoms with Crippen LogP contribution < -0.4 is 10.1 Å². The van der Waals surface area contributed by atoms with Crippen LogP contribution in [0.1, 0.15) is 6.92 Å². The van der Waals surface area contributed by atoms with E-state index in [2.05, 4.69) is 15.4 Å². The summed E-state index contributed by atoms with van der Waals surface area (Å²) in [5.74, 6) is 0.907. The lowest BCUT2D eigenvalue weighted by Gasteiger charge is -2.07. The Morgan fingerprint density at radius 3 is 2.67 bits per heavy atom. The molecule has 0 radical (unpaired) electrons. The van der Waals surface area contributed by atoms with Crippen molar-refractivity contribution in [1.29, 1.82) is 0 Å². The normalized spacial score (nSPS) is 10.9. The molecule has 0 aliphatic heterocycles. The quantitative estimate of drug-likeness (QED) is 0.403. The SMILES string of the molecule is CCOc1ccc(NC(=O)CSc2nccn3nc(-c4ccc(Cl)cc4)cc23)cc1. The molecule has 8 heteroatoms. The van der Waals surface area contributed by atoms with E-state index < -0.39 is 0 Å². The van der Waals surface area contributed by atoms with Crippen molar-refractivity contribution in [3.63, 3.8) is 0 Å². The average Bonchev–Trinajstić information content (AvgIpc) is 3.19. The lowest BCUT2D eigenvalue weighted by molar-refractivity contribution is -0.113. The van der Waals surface area contributed by atoms with E-state index in [0.29, 0.717) is 11.6 Å². The van der Waals surface area contributed by atoms with Crippen LogP contribution in [0.25, 0.3) is 16.8 Å². The number of benzene rings is 2. The number of carbonyl (C=O) groups excluding carboxylic acids is 1. The third kappa shape index (κ3) is 4.75. The molecule has 1 amide bonds. The Morgan fingerprint density at radius 2 is 1.93 bits per heavy atom. The molecule has 0 saturated heterocycles. The maximum Gasteiger partial charge on any atom is 0.234 e. The summed E-state index contributed by atoms with van der Waals surface area (Å²) in [5, 5.41) is 8.91. The molecule has 152 valence electrons. The summed E-state index contributed by atoms with van der Waals surface area (Å²) < 4.78 is 7.18. The number of fused-ring (bicyclic) bond motifs is 1. The Morgan fingerprint density at radius 1 is 1.17 bits per heavy atom. The number of thioether (sulfide) groups is 1. The first-order valence-electron chi connectivity index (χ1n) is 9.38. The summed E-state index contributed by atoms with van der Waals surface area (Å²) in [7, 11) is 0. The number of nitrogens with one attached hydrogen (secondary N) is 1. The van der Waals surface area contributed by atoms with Crippen LogP contribution in [0.3, 0.4) is 0 Å². The van der Waals surface area contributed by atoms with Gasteiger partial charge < -0.3 is 10.1 Å². The lowest BCUT2D eigenvalue weighted by Crippen LogP contribution is -2.14. The molecule has 2 aromatic carbocycles. The molecular formula is C22H19ClN4O2S. The van der Waals surface area contributed by atoms with Crippen molar-refractivity contribution >= 4 is 40.5 Å². The molecule has 0 unspecified atom stereocenters. The van der Waals surface area contributed by atoms with Crippen molar-refractivity contribution in [2.45, 2.75) is 11.9 Å². The van der Waals surface area contributed by atoms with Gasteiger partial charge in [-0.15, -0.1) is 0 Å². The highest BCUT2D eigenvalue weighted by Gasteiger charge is 2.12. The van der Waals surface area contributed by atoms with Crippen molar-refractivity contribution in [2.75, 3.05) is 17.7 Å². The number of rotatable bonds is 7. The van der Waals surface area contributed by atoms with Gasteiger partial charge in [-0.1, -0.05) is 35.5 Å². The summed E-state index contributed by atoms with van der Waals surface area (Å²) in [6, 6.07) is 16.8. The first kappa shape index (κ1) is 20.3. The monoisotopic (exact) mass is 438 g/mol. The Kier molecular flexibility index (Phi) is 6.21. The van der Waals surface area contributed by atoms with Gasteiger partial charge in [0.1, 0.15) is 10.8 Å². The number of anilines is 1. The molecule has 6 nitrogen and oxygen atoms in total. The number of ether oxygens (including phenoxy) is 1. The predicted octanol–water partition coefficient (Wildman–Crippen LogP) is 5.18. The second-order valence-corrected chi connectivity index (χ2v) is 7.79. The van der Waals surface area contributed by atoms with Crippen LogP contribution >= 0.6 is 23.4 Å². The summed E-state index contributed by atoms with van der Waals surface area (Å²) >= 11 is 7.34. The highest BCUT2D eigenvalue weighted by Crippen LogP contribution is 2.27. The standard InChI is InChI=1S/C22H19ClN4O2S/c1-2-29-18-9-7-17(8-10-18)25-21(28)14-30-22-20-13-19(26-27(20)12-11-24-22)15-3-5-16(23)6-4-15/h3-13H,2,14H2,1H3,(H,25,28). The van der Waals surface area contributed by atoms with Crippen molar-refractivity contribution < 1.29 is 9.53 Å². The van der Waals surface area contributed by atoms with Gasteiger partial charge in [0.05, 0.1) is 23.6 Å². The fourth-order valence-corrected chi connectivity index (χ4v) is 3.80. The predicted molar refractivity (Wildman–Crippen MR) is 120 cm³/mol. The van der Waals surface area contributed by atoms with E-state index in [1.165, 1.54) is 11.8 Å². The number of carbonyl (C=O) groups is 1. The van der Waals surface area contributed by atoms with E-state index in [1.807, 2.05) is 61.5 Å². The molecule has 0 aliphatic rings. The van der Waals surface area contributed by atoms with E-state index in [4.69, 9.17) is 16.3 Å². The second-order valence-electron chi connectivity index (χ2n) is 6.39. The Labute approximate surface area is 183 Å². The molecule has 0 fully saturated rings. The van der Waals surface area contributed by atoms with Crippen molar-refractivity contribution in [3.05, 3.63) is 72.0 Å². The fraction of sp³-hybridized carbons (Fsp3) is 0.136. The van der Waals surface area contributed by atoms with Gasteiger partial charge in [-0.2, -0.15) is 5.10 Å². The maximum absolute atomic E-state index is 12.4. The zero-order chi connectivity index (χ0) is 20.9. The van der Waals surface area contributed by atoms with Crippen LogP contribution in [-0.4, -0.2) is 32.9 Å². The minimum atomic E-state index is -0.106. The number of nitrogens with zero attached hydrogens (tertiary/aromatic N) is 3. The molecule has 2 heterocycles. The molecule has 30 heavy (non-hydrogen) atoms. The van der Waals surface area contributed by atoms with E-state index in [9.17, 15) is 4.79 Å². The Bertz CT molecular complexity index is 1160. The summed E-state index contributed by atoms with van der Waals surface area (Å²) in [5.41, 5.74) is 3.36. The van der Waals surface area contributed by atoms with Crippen LogP contribution in [0.4, 0.5) is 5.69 Å². The van der Waals surface area contributed by atoms with E-state index >= 15 is 0 Å². The van der Waals surface area contributed by atoms with Gasteiger partial charge in [-0.25, -0.2) is 9.50 Å². The molecule has 0 atom stereocenters. The van der Waals surface area contributed by atoms with Crippen LogP contribution in [0.2, 0.25) is 5.02 Å². The molecule has 0 saturated carbocycles. The van der Waals surface area contributed by atoms with Gasteiger partial charge in [0.2, 0.25) is 5.91 Å². The first-order chi connectivity index (χ1) is 14.6. The van der Waals surface area contributed by atoms with E-state index in [0.717, 1.165) is 33.2 Å². The van der Waals surface area contributed by atoms with Gasteiger partial charge in [0.15, 0.2) is 0 Å². The van der Waals surface area contributed by atoms with Crippen molar-refractivity contribution in [3.8, 4) is 17.0 Å². The molecular weight excluding hydrogens is 420 g/mol. The third-order valence-corrected chi connectivity index (χ3v) is 5.53. The molecule has 1 N–H and O–H groups in total. The lowest BCUT2D eigenvalue weighted by atomic mass is 10.1. The van der Waals surface area contributed by atoms with Crippen molar-refractivity contribution in [1.82, 2.24) is 14.6 Å². The van der Waals surface area contributed by atoms with Gasteiger partial charge in [-0.05, 0) is 49.4 Å². The first-order valence-corrected chi connectivity index (χ1v) is 10.7. The molecule has 2 aromatic heterocycles. The van der Waals surface area contributed by atoms with Crippen LogP contribution in [0, 0.1) is 0 Å². The van der Waals surface area contributed by atoms with Crippen LogP contribution in [-0.2, 0) is 4.79 Å². The van der Waals surface area contributed by atoms with Crippen LogP contribution in [0.15, 0.2) is 72.0 Å². The number of amides is 1. The zero-order valence-corrected chi connectivity index (χ0v) is 17.8. The van der Waals surface area contributed by atoms with Crippen molar-refractivity contribution in [2.24, 2.45) is 0 Å². The minimum Gasteiger partial charge on any atom is -0.494 e. The van der Waals surface area contributed by atoms with E-state index in [-0.39, 0.29) is 11.7 Å². The Hall–Kier alpha value is -3.03. The van der Waals surface area contributed by atoms with E-state index in [1.54, 1.807) is 16.9 Å². The molecule has 0 aliphatic carbocycles. The fourth-order valence-electron chi connectivity index (χ4n) is 2.90. The summed E-state index contributed by atoms with van der Waals surface area (Å²) in [6.07, 6.45) is 3.47. The van der Waals surface area contributed by atoms with Gasteiger partial charge in [0.25, 0.3) is 0 Å².